The van der Waals surface area contributed by atoms with Crippen molar-refractivity contribution < 1.29 is 17.9 Å². The molecule has 0 fully saturated rings. The summed E-state index contributed by atoms with van der Waals surface area (Å²) in [7, 11) is -4.20. The number of unbranched alkanes of at least 4 members (excludes halogenated alkanes) is 2. The minimum Gasteiger partial charge on any atom is -0.454 e. The zero-order valence-electron chi connectivity index (χ0n) is 21.0. The molecule has 1 amide bonds. The number of nitrogens with two attached hydrogens (primary N) is 1. The van der Waals surface area contributed by atoms with Crippen molar-refractivity contribution in [3.05, 3.63) is 72.1 Å². The number of benzene rings is 2. The second kappa shape index (κ2) is 13.1. The maximum atomic E-state index is 13.1. The molecule has 0 aliphatic rings. The number of sulfonamides is 1. The van der Waals surface area contributed by atoms with Crippen molar-refractivity contribution in [2.24, 2.45) is 5.14 Å². The second-order valence-corrected chi connectivity index (χ2v) is 10.2. The molecule has 0 spiro atoms. The Morgan fingerprint density at radius 3 is 2.31 bits per heavy atom. The third-order valence-electron chi connectivity index (χ3n) is 5.81. The minimum absolute atomic E-state index is 0.138. The summed E-state index contributed by atoms with van der Waals surface area (Å²) in [6, 6.07) is 15.8. The van der Waals surface area contributed by atoms with Gasteiger partial charge in [-0.15, -0.1) is 0 Å². The second-order valence-electron chi connectivity index (χ2n) is 8.68. The summed E-state index contributed by atoms with van der Waals surface area (Å²) >= 11 is 0. The van der Waals surface area contributed by atoms with Gasteiger partial charge in [0.25, 0.3) is 5.91 Å². The number of aromatic nitrogens is 1. The Kier molecular flexibility index (Phi) is 9.95. The van der Waals surface area contributed by atoms with Gasteiger partial charge in [0.15, 0.2) is 5.75 Å². The zero-order chi connectivity index (χ0) is 26.0. The molecule has 1 heterocycles. The first-order chi connectivity index (χ1) is 17.3. The van der Waals surface area contributed by atoms with Gasteiger partial charge in [0, 0.05) is 43.5 Å². The number of para-hydroxylation sites is 1. The van der Waals surface area contributed by atoms with E-state index in [2.05, 4.69) is 29.0 Å². The van der Waals surface area contributed by atoms with Crippen molar-refractivity contribution in [3.63, 3.8) is 0 Å². The number of H-pyrrole nitrogens is 1. The van der Waals surface area contributed by atoms with E-state index in [-0.39, 0.29) is 22.1 Å². The van der Waals surface area contributed by atoms with Crippen molar-refractivity contribution in [1.82, 2.24) is 10.3 Å². The Bertz CT molecular complexity index is 1200. The van der Waals surface area contributed by atoms with Crippen molar-refractivity contribution in [3.8, 4) is 11.5 Å². The van der Waals surface area contributed by atoms with Gasteiger partial charge < -0.3 is 19.9 Å². The van der Waals surface area contributed by atoms with Crippen LogP contribution in [0, 0.1) is 0 Å². The Morgan fingerprint density at radius 2 is 1.72 bits per heavy atom. The number of rotatable bonds is 14. The number of amides is 1. The lowest BCUT2D eigenvalue weighted by Crippen LogP contribution is -2.29. The first-order valence-corrected chi connectivity index (χ1v) is 14.0. The number of hydrogen-bond donors (Lipinski definition) is 3. The molecule has 0 atom stereocenters. The molecule has 3 rings (SSSR count). The SMILES string of the molecule is CCCCN(CCCC)c1cc(C(=O)NCCc2ccc[nH]2)cc(S(N)(=O)=O)c1Oc1ccccc1. The van der Waals surface area contributed by atoms with Crippen LogP contribution in [0.3, 0.4) is 0 Å². The number of anilines is 1. The molecule has 194 valence electrons. The summed E-state index contributed by atoms with van der Waals surface area (Å²) < 4.78 is 31.6. The van der Waals surface area contributed by atoms with Crippen LogP contribution in [0.15, 0.2) is 65.7 Å². The van der Waals surface area contributed by atoms with E-state index in [1.54, 1.807) is 18.2 Å². The van der Waals surface area contributed by atoms with Crippen molar-refractivity contribution in [2.75, 3.05) is 24.5 Å². The maximum absolute atomic E-state index is 13.1. The van der Waals surface area contributed by atoms with E-state index >= 15 is 0 Å². The van der Waals surface area contributed by atoms with E-state index in [1.165, 1.54) is 6.07 Å². The Labute approximate surface area is 213 Å². The largest absolute Gasteiger partial charge is 0.454 e. The molecule has 3 aromatic rings. The fourth-order valence-electron chi connectivity index (χ4n) is 3.86. The van der Waals surface area contributed by atoms with E-state index in [0.29, 0.717) is 37.5 Å². The van der Waals surface area contributed by atoms with Crippen LogP contribution >= 0.6 is 0 Å². The molecule has 0 aliphatic heterocycles. The number of carbonyl (C=O) groups excluding carboxylic acids is 1. The number of hydrogen-bond acceptors (Lipinski definition) is 5. The van der Waals surface area contributed by atoms with E-state index in [0.717, 1.165) is 31.4 Å². The van der Waals surface area contributed by atoms with Crippen LogP contribution in [0.1, 0.15) is 55.6 Å². The lowest BCUT2D eigenvalue weighted by atomic mass is 10.1. The minimum atomic E-state index is -4.20. The number of nitrogens with zero attached hydrogens (tertiary/aromatic N) is 1. The molecule has 1 aromatic heterocycles. The summed E-state index contributed by atoms with van der Waals surface area (Å²) in [5, 5.41) is 8.54. The van der Waals surface area contributed by atoms with Crippen LogP contribution in [0.4, 0.5) is 5.69 Å². The van der Waals surface area contributed by atoms with Gasteiger partial charge in [0.2, 0.25) is 10.0 Å². The summed E-state index contributed by atoms with van der Waals surface area (Å²) in [4.78, 5) is 18.1. The van der Waals surface area contributed by atoms with E-state index in [1.807, 2.05) is 36.5 Å². The summed E-state index contributed by atoms with van der Waals surface area (Å²) in [5.74, 6) is 0.251. The number of nitrogens with one attached hydrogen (secondary N) is 2. The molecular formula is C27H36N4O4S. The van der Waals surface area contributed by atoms with Crippen molar-refractivity contribution in [2.45, 2.75) is 50.8 Å². The number of carbonyl (C=O) groups is 1. The summed E-state index contributed by atoms with van der Waals surface area (Å²) in [6.07, 6.45) is 6.21. The highest BCUT2D eigenvalue weighted by molar-refractivity contribution is 7.89. The molecule has 2 aromatic carbocycles. The lowest BCUT2D eigenvalue weighted by Gasteiger charge is -2.28. The number of aromatic amines is 1. The molecular weight excluding hydrogens is 476 g/mol. The number of primary sulfonamides is 1. The molecule has 0 radical (unpaired) electrons. The molecule has 36 heavy (non-hydrogen) atoms. The van der Waals surface area contributed by atoms with Crippen molar-refractivity contribution in [1.29, 1.82) is 0 Å². The molecule has 0 saturated carbocycles. The van der Waals surface area contributed by atoms with E-state index < -0.39 is 10.0 Å². The molecule has 0 bridgehead atoms. The lowest BCUT2D eigenvalue weighted by molar-refractivity contribution is 0.0954. The summed E-state index contributed by atoms with van der Waals surface area (Å²) in [6.45, 7) is 6.00. The van der Waals surface area contributed by atoms with Crippen LogP contribution in [-0.2, 0) is 16.4 Å². The first-order valence-electron chi connectivity index (χ1n) is 12.4. The van der Waals surface area contributed by atoms with Gasteiger partial charge in [-0.2, -0.15) is 0 Å². The smallest absolute Gasteiger partial charge is 0.251 e. The van der Waals surface area contributed by atoms with Crippen LogP contribution < -0.4 is 20.1 Å². The predicted octanol–water partition coefficient (Wildman–Crippen LogP) is 4.83. The quantitative estimate of drug-likeness (QED) is 0.286. The third kappa shape index (κ3) is 7.60. The molecule has 0 aliphatic carbocycles. The van der Waals surface area contributed by atoms with Crippen molar-refractivity contribution >= 4 is 21.6 Å². The predicted molar refractivity (Wildman–Crippen MR) is 143 cm³/mol. The van der Waals surface area contributed by atoms with Crippen LogP contribution in [0.5, 0.6) is 11.5 Å². The van der Waals surface area contributed by atoms with Gasteiger partial charge in [0.05, 0.1) is 5.69 Å². The Hall–Kier alpha value is -3.30. The van der Waals surface area contributed by atoms with Crippen LogP contribution in [-0.4, -0.2) is 38.9 Å². The summed E-state index contributed by atoms with van der Waals surface area (Å²) in [5.41, 5.74) is 1.76. The number of ether oxygens (including phenoxy) is 1. The Balaban J connectivity index is 2.05. The topological polar surface area (TPSA) is 118 Å². The highest BCUT2D eigenvalue weighted by Gasteiger charge is 2.26. The van der Waals surface area contributed by atoms with Gasteiger partial charge in [0.1, 0.15) is 10.6 Å². The van der Waals surface area contributed by atoms with Gasteiger partial charge in [-0.1, -0.05) is 44.9 Å². The molecule has 8 nitrogen and oxygen atoms in total. The molecule has 4 N–H and O–H groups in total. The fraction of sp³-hybridized carbons (Fsp3) is 0.370. The average molecular weight is 513 g/mol. The van der Waals surface area contributed by atoms with Gasteiger partial charge >= 0.3 is 0 Å². The molecule has 9 heteroatoms. The van der Waals surface area contributed by atoms with Crippen LogP contribution in [0.2, 0.25) is 0 Å². The average Bonchev–Trinajstić information content (AvgIpc) is 3.38. The van der Waals surface area contributed by atoms with Gasteiger partial charge in [-0.05, 0) is 49.2 Å². The van der Waals surface area contributed by atoms with Gasteiger partial charge in [-0.3, -0.25) is 4.79 Å². The van der Waals surface area contributed by atoms with Gasteiger partial charge in [-0.25, -0.2) is 13.6 Å². The molecule has 0 unspecified atom stereocenters. The highest BCUT2D eigenvalue weighted by Crippen LogP contribution is 2.39. The normalized spacial score (nSPS) is 11.3. The maximum Gasteiger partial charge on any atom is 0.251 e. The third-order valence-corrected chi connectivity index (χ3v) is 6.73. The van der Waals surface area contributed by atoms with E-state index in [9.17, 15) is 13.2 Å². The highest BCUT2D eigenvalue weighted by atomic mass is 32.2. The molecule has 0 saturated heterocycles. The standard InChI is InChI=1S/C27H36N4O4S/c1-3-5-17-31(18-6-4-2)24-19-21(27(32)30-16-14-22-11-10-15-29-22)20-25(36(28,33)34)26(24)35-23-12-8-7-9-13-23/h7-13,15,19-20,29H,3-6,14,16-18H2,1-2H3,(H,30,32)(H2,28,33,34). The zero-order valence-corrected chi connectivity index (χ0v) is 21.8. The Morgan fingerprint density at radius 1 is 1.03 bits per heavy atom. The fourth-order valence-corrected chi connectivity index (χ4v) is 4.56. The van der Waals surface area contributed by atoms with E-state index in [4.69, 9.17) is 9.88 Å². The van der Waals surface area contributed by atoms with Crippen LogP contribution in [0.25, 0.3) is 0 Å². The first kappa shape index (κ1) is 27.3. The monoisotopic (exact) mass is 512 g/mol.